The van der Waals surface area contributed by atoms with Crippen LogP contribution in [0.3, 0.4) is 0 Å². The maximum absolute atomic E-state index is 12.3. The molecule has 1 aliphatic rings. The third kappa shape index (κ3) is 2.90. The Balaban J connectivity index is 2.17. The zero-order chi connectivity index (χ0) is 13.1. The minimum Gasteiger partial charge on any atom is -0.341 e. The molecule has 0 spiro atoms. The van der Waals surface area contributed by atoms with Gasteiger partial charge in [-0.2, -0.15) is 5.10 Å². The van der Waals surface area contributed by atoms with E-state index < -0.39 is 6.04 Å². The lowest BCUT2D eigenvalue weighted by Gasteiger charge is -2.29. The topological polar surface area (TPSA) is 55.2 Å². The fourth-order valence-corrected chi connectivity index (χ4v) is 2.56. The molecule has 5 nitrogen and oxygen atoms in total. The fraction of sp³-hybridized carbons (Fsp3) is 0.583. The van der Waals surface area contributed by atoms with Gasteiger partial charge in [0.05, 0.1) is 6.20 Å². The molecule has 1 saturated heterocycles. The minimum atomic E-state index is -0.521. The number of carbonyl (C=O) groups excluding carboxylic acids is 1. The molecule has 0 saturated carbocycles. The number of likely N-dealkylation sites (tertiary alicyclic amines) is 1. The van der Waals surface area contributed by atoms with Crippen LogP contribution >= 0.6 is 22.6 Å². The van der Waals surface area contributed by atoms with Gasteiger partial charge in [-0.05, 0) is 48.8 Å². The molecule has 1 fully saturated rings. The lowest BCUT2D eigenvalue weighted by molar-refractivity contribution is -0.135. The molecule has 1 aromatic rings. The maximum atomic E-state index is 12.3. The van der Waals surface area contributed by atoms with Crippen molar-refractivity contribution in [2.45, 2.75) is 32.2 Å². The van der Waals surface area contributed by atoms with Gasteiger partial charge in [0, 0.05) is 22.7 Å². The Morgan fingerprint density at radius 1 is 1.39 bits per heavy atom. The summed E-state index contributed by atoms with van der Waals surface area (Å²) in [5.74, 6) is -0.00879. The van der Waals surface area contributed by atoms with Gasteiger partial charge >= 0.3 is 0 Å². The van der Waals surface area contributed by atoms with E-state index in [0.717, 1.165) is 29.5 Å². The number of carbonyl (C=O) groups is 1. The van der Waals surface area contributed by atoms with E-state index in [2.05, 4.69) is 5.10 Å². The molecule has 6 heteroatoms. The molecule has 2 heterocycles. The molecule has 0 N–H and O–H groups in total. The van der Waals surface area contributed by atoms with E-state index in [1.807, 2.05) is 27.5 Å². The smallest absolute Gasteiger partial charge is 0.268 e. The average molecular weight is 361 g/mol. The number of aromatic nitrogens is 2. The van der Waals surface area contributed by atoms with Crippen LogP contribution in [0.25, 0.3) is 0 Å². The average Bonchev–Trinajstić information content (AvgIpc) is 2.38. The van der Waals surface area contributed by atoms with E-state index in [1.165, 1.54) is 17.2 Å². The first kappa shape index (κ1) is 13.5. The van der Waals surface area contributed by atoms with Gasteiger partial charge in [0.1, 0.15) is 6.04 Å². The summed E-state index contributed by atoms with van der Waals surface area (Å²) in [7, 11) is 0. The van der Waals surface area contributed by atoms with Crippen LogP contribution in [-0.4, -0.2) is 33.7 Å². The maximum Gasteiger partial charge on any atom is 0.268 e. The summed E-state index contributed by atoms with van der Waals surface area (Å²) in [6.45, 7) is 3.32. The summed E-state index contributed by atoms with van der Waals surface area (Å²) < 4.78 is 2.05. The highest BCUT2D eigenvalue weighted by Gasteiger charge is 2.24. The standard InChI is InChI=1S/C12H16IN3O2/c1-9(12(18)15-5-3-2-4-6-15)16-11(17)7-10(13)8-14-16/h7-9H,2-6H2,1H3. The second kappa shape index (κ2) is 5.81. The van der Waals surface area contributed by atoms with E-state index in [4.69, 9.17) is 0 Å². The Bertz CT molecular complexity index is 494. The van der Waals surface area contributed by atoms with E-state index in [-0.39, 0.29) is 11.5 Å². The number of nitrogens with zero attached hydrogens (tertiary/aromatic N) is 3. The van der Waals surface area contributed by atoms with Crippen molar-refractivity contribution in [1.29, 1.82) is 0 Å². The van der Waals surface area contributed by atoms with Gasteiger partial charge in [-0.25, -0.2) is 4.68 Å². The van der Waals surface area contributed by atoms with Crippen molar-refractivity contribution in [3.05, 3.63) is 26.2 Å². The van der Waals surface area contributed by atoms with Crippen LogP contribution in [0.4, 0.5) is 0 Å². The predicted molar refractivity (Wildman–Crippen MR) is 76.4 cm³/mol. The van der Waals surface area contributed by atoms with Gasteiger partial charge in [-0.1, -0.05) is 0 Å². The van der Waals surface area contributed by atoms with Crippen LogP contribution in [0.1, 0.15) is 32.2 Å². The van der Waals surface area contributed by atoms with E-state index in [9.17, 15) is 9.59 Å². The van der Waals surface area contributed by atoms with Crippen LogP contribution < -0.4 is 5.56 Å². The lowest BCUT2D eigenvalue weighted by Crippen LogP contribution is -2.42. The van der Waals surface area contributed by atoms with Gasteiger partial charge < -0.3 is 4.90 Å². The van der Waals surface area contributed by atoms with Crippen LogP contribution in [0.15, 0.2) is 17.1 Å². The van der Waals surface area contributed by atoms with Crippen molar-refractivity contribution in [3.63, 3.8) is 0 Å². The van der Waals surface area contributed by atoms with Crippen molar-refractivity contribution in [3.8, 4) is 0 Å². The number of piperidine rings is 1. The number of hydrogen-bond acceptors (Lipinski definition) is 3. The second-order valence-electron chi connectivity index (χ2n) is 4.52. The van der Waals surface area contributed by atoms with Gasteiger partial charge in [-0.3, -0.25) is 9.59 Å². The SMILES string of the molecule is CC(C(=O)N1CCCCC1)n1ncc(I)cc1=O. The minimum absolute atomic E-state index is 0.00879. The van der Waals surface area contributed by atoms with Crippen molar-refractivity contribution in [2.24, 2.45) is 0 Å². The molecular formula is C12H16IN3O2. The molecule has 1 amide bonds. The molecule has 1 atom stereocenters. The third-order valence-electron chi connectivity index (χ3n) is 3.18. The Kier molecular flexibility index (Phi) is 4.36. The largest absolute Gasteiger partial charge is 0.341 e. The molecule has 0 bridgehead atoms. The summed E-state index contributed by atoms with van der Waals surface area (Å²) in [5.41, 5.74) is -0.222. The van der Waals surface area contributed by atoms with Crippen LogP contribution in [0, 0.1) is 3.57 Å². The Morgan fingerprint density at radius 2 is 2.06 bits per heavy atom. The first-order chi connectivity index (χ1) is 8.59. The summed E-state index contributed by atoms with van der Waals surface area (Å²) in [6.07, 6.45) is 4.88. The molecule has 0 radical (unpaired) electrons. The molecule has 98 valence electrons. The highest BCUT2D eigenvalue weighted by molar-refractivity contribution is 14.1. The molecule has 0 aliphatic carbocycles. The van der Waals surface area contributed by atoms with E-state index >= 15 is 0 Å². The van der Waals surface area contributed by atoms with Crippen LogP contribution in [0.2, 0.25) is 0 Å². The lowest BCUT2D eigenvalue weighted by atomic mass is 10.1. The zero-order valence-electron chi connectivity index (χ0n) is 10.3. The molecule has 2 rings (SSSR count). The summed E-state index contributed by atoms with van der Waals surface area (Å²) in [6, 6.07) is 0.973. The Hall–Kier alpha value is -0.920. The number of rotatable bonds is 2. The van der Waals surface area contributed by atoms with Gasteiger partial charge in [-0.15, -0.1) is 0 Å². The van der Waals surface area contributed by atoms with Gasteiger partial charge in [0.25, 0.3) is 5.56 Å². The molecule has 18 heavy (non-hydrogen) atoms. The first-order valence-electron chi connectivity index (χ1n) is 6.13. The van der Waals surface area contributed by atoms with Crippen LogP contribution in [0.5, 0.6) is 0 Å². The van der Waals surface area contributed by atoms with Crippen molar-refractivity contribution < 1.29 is 4.79 Å². The monoisotopic (exact) mass is 361 g/mol. The number of halogens is 1. The zero-order valence-corrected chi connectivity index (χ0v) is 12.5. The quantitative estimate of drug-likeness (QED) is 0.749. The molecular weight excluding hydrogens is 345 g/mol. The van der Waals surface area contributed by atoms with Crippen LogP contribution in [-0.2, 0) is 4.79 Å². The Labute approximate surface area is 119 Å². The molecule has 0 aromatic carbocycles. The van der Waals surface area contributed by atoms with E-state index in [0.29, 0.717) is 0 Å². The number of amides is 1. The molecule has 1 unspecified atom stereocenters. The van der Waals surface area contributed by atoms with Gasteiger partial charge in [0.15, 0.2) is 0 Å². The van der Waals surface area contributed by atoms with Gasteiger partial charge in [0.2, 0.25) is 5.91 Å². The highest BCUT2D eigenvalue weighted by atomic mass is 127. The summed E-state index contributed by atoms with van der Waals surface area (Å²) >= 11 is 2.03. The highest BCUT2D eigenvalue weighted by Crippen LogP contribution is 2.14. The fourth-order valence-electron chi connectivity index (χ4n) is 2.17. The summed E-state index contributed by atoms with van der Waals surface area (Å²) in [4.78, 5) is 25.9. The Morgan fingerprint density at radius 3 is 2.67 bits per heavy atom. The summed E-state index contributed by atoms with van der Waals surface area (Å²) in [5, 5.41) is 4.04. The third-order valence-corrected chi connectivity index (χ3v) is 3.77. The molecule has 1 aromatic heterocycles. The van der Waals surface area contributed by atoms with Crippen molar-refractivity contribution in [1.82, 2.24) is 14.7 Å². The predicted octanol–water partition coefficient (Wildman–Crippen LogP) is 1.42. The normalized spacial score (nSPS) is 17.6. The first-order valence-corrected chi connectivity index (χ1v) is 7.20. The second-order valence-corrected chi connectivity index (χ2v) is 5.76. The van der Waals surface area contributed by atoms with E-state index in [1.54, 1.807) is 13.1 Å². The van der Waals surface area contributed by atoms with Crippen molar-refractivity contribution in [2.75, 3.05) is 13.1 Å². The van der Waals surface area contributed by atoms with Crippen molar-refractivity contribution >= 4 is 28.5 Å². The molecule has 1 aliphatic heterocycles. The number of hydrogen-bond donors (Lipinski definition) is 0.